The van der Waals surface area contributed by atoms with Crippen LogP contribution in [-0.4, -0.2) is 5.78 Å². The van der Waals surface area contributed by atoms with Crippen molar-refractivity contribution < 1.29 is 9.18 Å². The molecule has 154 valence electrons. The van der Waals surface area contributed by atoms with Gasteiger partial charge in [-0.05, 0) is 54.7 Å². The number of thiophene rings is 1. The van der Waals surface area contributed by atoms with Gasteiger partial charge in [-0.25, -0.2) is 4.39 Å². The fourth-order valence-electron chi connectivity index (χ4n) is 4.17. The maximum atomic E-state index is 13.5. The van der Waals surface area contributed by atoms with Crippen molar-refractivity contribution in [3.63, 3.8) is 0 Å². The van der Waals surface area contributed by atoms with Crippen LogP contribution in [0.2, 0.25) is 0 Å². The summed E-state index contributed by atoms with van der Waals surface area (Å²) in [7, 11) is 0. The number of ketones is 1. The van der Waals surface area contributed by atoms with Gasteiger partial charge in [0.05, 0.1) is 17.6 Å². The van der Waals surface area contributed by atoms with Crippen LogP contribution >= 0.6 is 11.3 Å². The predicted molar refractivity (Wildman–Crippen MR) is 117 cm³/mol. The summed E-state index contributed by atoms with van der Waals surface area (Å²) in [6.45, 7) is 6.43. The highest BCUT2D eigenvalue weighted by atomic mass is 32.1. The lowest BCUT2D eigenvalue weighted by Crippen LogP contribution is -2.38. The summed E-state index contributed by atoms with van der Waals surface area (Å²) in [4.78, 5) is 17.0. The summed E-state index contributed by atoms with van der Waals surface area (Å²) in [5.41, 5.74) is 9.01. The third-order valence-corrected chi connectivity index (χ3v) is 7.22. The Morgan fingerprint density at radius 3 is 2.47 bits per heavy atom. The lowest BCUT2D eigenvalue weighted by molar-refractivity contribution is -0.116. The Labute approximate surface area is 180 Å². The Kier molecular flexibility index (Phi) is 5.03. The largest absolute Gasteiger partial charge is 0.384 e. The van der Waals surface area contributed by atoms with E-state index in [1.807, 2.05) is 6.07 Å². The van der Waals surface area contributed by atoms with Crippen molar-refractivity contribution in [3.05, 3.63) is 74.6 Å². The van der Waals surface area contributed by atoms with E-state index in [2.05, 4.69) is 32.9 Å². The highest BCUT2D eigenvalue weighted by molar-refractivity contribution is 7.12. The summed E-state index contributed by atoms with van der Waals surface area (Å²) >= 11 is 1.63. The van der Waals surface area contributed by atoms with Gasteiger partial charge in [0.25, 0.3) is 0 Å². The summed E-state index contributed by atoms with van der Waals surface area (Å²) < 4.78 is 13.5. The zero-order valence-corrected chi connectivity index (χ0v) is 18.1. The molecule has 30 heavy (non-hydrogen) atoms. The zero-order chi connectivity index (χ0) is 21.6. The van der Waals surface area contributed by atoms with Gasteiger partial charge in [-0.1, -0.05) is 20.8 Å². The normalized spacial score (nSPS) is 19.8. The van der Waals surface area contributed by atoms with Crippen LogP contribution in [-0.2, 0) is 10.2 Å². The van der Waals surface area contributed by atoms with Crippen molar-refractivity contribution in [1.29, 1.82) is 5.26 Å². The molecule has 1 atom stereocenters. The first-order valence-corrected chi connectivity index (χ1v) is 10.9. The molecule has 0 saturated carbocycles. The lowest BCUT2D eigenvalue weighted by Gasteiger charge is -2.39. The van der Waals surface area contributed by atoms with Crippen LogP contribution in [0.1, 0.15) is 55.7 Å². The first-order chi connectivity index (χ1) is 14.2. The molecular weight excluding hydrogens is 397 g/mol. The summed E-state index contributed by atoms with van der Waals surface area (Å²) in [6.07, 6.45) is 1.88. The minimum Gasteiger partial charge on any atom is -0.384 e. The van der Waals surface area contributed by atoms with Gasteiger partial charge >= 0.3 is 0 Å². The van der Waals surface area contributed by atoms with Gasteiger partial charge in [-0.2, -0.15) is 5.26 Å². The molecule has 1 aliphatic heterocycles. The van der Waals surface area contributed by atoms with E-state index in [1.54, 1.807) is 28.4 Å². The topological polar surface area (TPSA) is 70.1 Å². The molecule has 0 unspecified atom stereocenters. The zero-order valence-electron chi connectivity index (χ0n) is 17.3. The number of Topliss-reactive ketones (excluding diaryl/α,β-unsaturated/α-hetero) is 1. The third-order valence-electron chi connectivity index (χ3n) is 5.65. The molecule has 6 heteroatoms. The van der Waals surface area contributed by atoms with Crippen molar-refractivity contribution >= 4 is 22.8 Å². The first-order valence-electron chi connectivity index (χ1n) is 10.0. The second kappa shape index (κ2) is 7.41. The molecule has 4 nitrogen and oxygen atoms in total. The average molecular weight is 422 g/mol. The molecule has 0 amide bonds. The highest BCUT2D eigenvalue weighted by Gasteiger charge is 2.41. The number of hydrogen-bond acceptors (Lipinski definition) is 5. The van der Waals surface area contributed by atoms with E-state index >= 15 is 0 Å². The number of nitrogens with zero attached hydrogens (tertiary/aromatic N) is 2. The highest BCUT2D eigenvalue weighted by Crippen LogP contribution is 2.48. The van der Waals surface area contributed by atoms with Crippen molar-refractivity contribution in [2.75, 3.05) is 4.90 Å². The molecule has 2 heterocycles. The van der Waals surface area contributed by atoms with Crippen molar-refractivity contribution in [3.8, 4) is 6.07 Å². The van der Waals surface area contributed by atoms with Crippen LogP contribution in [0.3, 0.4) is 0 Å². The molecule has 1 aromatic carbocycles. The number of carbonyl (C=O) groups excluding carboxylic acids is 1. The number of halogens is 1. The van der Waals surface area contributed by atoms with Gasteiger partial charge in [-0.15, -0.1) is 11.3 Å². The van der Waals surface area contributed by atoms with Crippen LogP contribution < -0.4 is 10.6 Å². The lowest BCUT2D eigenvalue weighted by atomic mass is 9.78. The minimum atomic E-state index is -0.449. The van der Waals surface area contributed by atoms with E-state index in [0.717, 1.165) is 17.0 Å². The number of anilines is 1. The second-order valence-electron chi connectivity index (χ2n) is 8.74. The first kappa shape index (κ1) is 20.4. The van der Waals surface area contributed by atoms with Gasteiger partial charge in [-0.3, -0.25) is 9.69 Å². The predicted octanol–water partition coefficient (Wildman–Crippen LogP) is 5.49. The molecule has 0 saturated heterocycles. The molecule has 4 rings (SSSR count). The van der Waals surface area contributed by atoms with Crippen molar-refractivity contribution in [2.24, 2.45) is 5.73 Å². The molecule has 1 aromatic heterocycles. The van der Waals surface area contributed by atoms with E-state index in [4.69, 9.17) is 5.73 Å². The average Bonchev–Trinajstić information content (AvgIpc) is 3.19. The summed E-state index contributed by atoms with van der Waals surface area (Å²) in [6, 6.07) is 12.3. The fourth-order valence-corrected chi connectivity index (χ4v) is 5.35. The van der Waals surface area contributed by atoms with Crippen LogP contribution in [0.25, 0.3) is 0 Å². The van der Waals surface area contributed by atoms with E-state index in [9.17, 15) is 14.4 Å². The van der Waals surface area contributed by atoms with E-state index < -0.39 is 5.92 Å². The summed E-state index contributed by atoms with van der Waals surface area (Å²) in [5, 5.41) is 10.0. The SMILES string of the molecule is CC(C)(C)c1ccc([C@@H]2C(C#N)=C(N)N(c3ccc(F)cc3)C3=C2C(=O)CCC3)s1. The van der Waals surface area contributed by atoms with E-state index in [0.29, 0.717) is 35.5 Å². The molecular formula is C24H24FN3OS. The van der Waals surface area contributed by atoms with Crippen molar-refractivity contribution in [2.45, 2.75) is 51.4 Å². The van der Waals surface area contributed by atoms with Gasteiger partial charge in [0.1, 0.15) is 11.6 Å². The van der Waals surface area contributed by atoms with Gasteiger partial charge in [0.15, 0.2) is 5.78 Å². The number of nitriles is 1. The summed E-state index contributed by atoms with van der Waals surface area (Å²) in [5.74, 6) is -0.429. The van der Waals surface area contributed by atoms with Crippen LogP contribution in [0, 0.1) is 17.1 Å². The van der Waals surface area contributed by atoms with E-state index in [-0.39, 0.29) is 17.0 Å². The van der Waals surface area contributed by atoms with Crippen LogP contribution in [0.5, 0.6) is 0 Å². The molecule has 2 aliphatic rings. The van der Waals surface area contributed by atoms with Gasteiger partial charge in [0.2, 0.25) is 0 Å². The number of hydrogen-bond donors (Lipinski definition) is 1. The number of rotatable bonds is 2. The third kappa shape index (κ3) is 3.33. The van der Waals surface area contributed by atoms with Gasteiger partial charge < -0.3 is 5.73 Å². The van der Waals surface area contributed by atoms with Crippen molar-refractivity contribution in [1.82, 2.24) is 0 Å². The smallest absolute Gasteiger partial charge is 0.161 e. The molecule has 2 aromatic rings. The molecule has 1 aliphatic carbocycles. The number of allylic oxidation sites excluding steroid dienone is 3. The Balaban J connectivity index is 1.92. The van der Waals surface area contributed by atoms with Crippen LogP contribution in [0.15, 0.2) is 59.1 Å². The van der Waals surface area contributed by atoms with Gasteiger partial charge in [0, 0.05) is 33.1 Å². The quantitative estimate of drug-likeness (QED) is 0.696. The molecule has 0 spiro atoms. The Bertz CT molecular complexity index is 1110. The Morgan fingerprint density at radius 2 is 1.87 bits per heavy atom. The molecule has 0 bridgehead atoms. The molecule has 0 radical (unpaired) electrons. The maximum absolute atomic E-state index is 13.5. The Morgan fingerprint density at radius 1 is 1.17 bits per heavy atom. The van der Waals surface area contributed by atoms with Crippen LogP contribution in [0.4, 0.5) is 10.1 Å². The number of nitrogens with two attached hydrogens (primary N) is 1. The minimum absolute atomic E-state index is 0.0203. The fraction of sp³-hybridized carbons (Fsp3) is 0.333. The maximum Gasteiger partial charge on any atom is 0.161 e. The van der Waals surface area contributed by atoms with E-state index in [1.165, 1.54) is 17.0 Å². The second-order valence-corrected chi connectivity index (χ2v) is 9.86. The Hall–Kier alpha value is -2.91. The monoisotopic (exact) mass is 421 g/mol. The standard InChI is InChI=1S/C24H24FN3OS/c1-24(2,3)20-12-11-19(30-20)21-16(13-26)23(27)28(15-9-7-14(25)8-10-15)17-5-4-6-18(29)22(17)21/h7-12,21H,4-6,27H2,1-3H3/t21-/m0/s1. The number of carbonyl (C=O) groups is 1. The molecule has 2 N–H and O–H groups in total. The number of benzene rings is 1. The molecule has 0 fully saturated rings.